The Bertz CT molecular complexity index is 1530. The predicted octanol–water partition coefficient (Wildman–Crippen LogP) is 8.07. The number of Topliss-reactive ketones (excluding diaryl/α,β-unsaturated/α-hetero) is 2. The Labute approximate surface area is 243 Å². The van der Waals surface area contributed by atoms with Gasteiger partial charge in [-0.25, -0.2) is 0 Å². The van der Waals surface area contributed by atoms with Gasteiger partial charge in [0.2, 0.25) is 0 Å². The number of allylic oxidation sites excluding steroid dienone is 5. The topological polar surface area (TPSA) is 83.2 Å². The maximum absolute atomic E-state index is 13.4. The van der Waals surface area contributed by atoms with Gasteiger partial charge in [0, 0.05) is 35.7 Å². The highest BCUT2D eigenvalue weighted by Gasteiger charge is 2.27. The molecule has 0 radical (unpaired) electrons. The normalized spacial score (nSPS) is 12.5. The van der Waals surface area contributed by atoms with E-state index < -0.39 is 5.54 Å². The van der Waals surface area contributed by atoms with E-state index in [1.165, 1.54) is 6.21 Å². The molecular weight excluding hydrogens is 506 g/mol. The number of nitrogens with one attached hydrogen (secondary N) is 1. The fourth-order valence-corrected chi connectivity index (χ4v) is 3.96. The minimum Gasteiger partial charge on any atom is -0.308 e. The maximum Gasteiger partial charge on any atom is 0.189 e. The second-order valence-electron chi connectivity index (χ2n) is 10.5. The van der Waals surface area contributed by atoms with Gasteiger partial charge in [0.15, 0.2) is 11.6 Å². The Morgan fingerprint density at radius 3 is 2.02 bits per heavy atom. The van der Waals surface area contributed by atoms with E-state index in [1.54, 1.807) is 50.5 Å². The van der Waals surface area contributed by atoms with Gasteiger partial charge in [-0.15, -0.1) is 0 Å². The molecule has 0 fully saturated rings. The van der Waals surface area contributed by atoms with Crippen LogP contribution in [0.25, 0.3) is 17.7 Å². The summed E-state index contributed by atoms with van der Waals surface area (Å²) in [6.45, 7) is 13.2. The molecule has 5 heteroatoms. The zero-order valence-corrected chi connectivity index (χ0v) is 24.4. The highest BCUT2D eigenvalue weighted by Crippen LogP contribution is 2.22. The zero-order valence-electron chi connectivity index (χ0n) is 24.4. The van der Waals surface area contributed by atoms with Crippen LogP contribution in [0.5, 0.6) is 0 Å². The molecule has 1 N–H and O–H groups in total. The lowest BCUT2D eigenvalue weighted by molar-refractivity contribution is -0.117. The molecule has 2 aromatic carbocycles. The largest absolute Gasteiger partial charge is 0.308 e. The van der Waals surface area contributed by atoms with Crippen molar-refractivity contribution in [2.75, 3.05) is 0 Å². The van der Waals surface area contributed by atoms with Crippen LogP contribution >= 0.6 is 0 Å². The highest BCUT2D eigenvalue weighted by molar-refractivity contribution is 6.05. The first-order valence-corrected chi connectivity index (χ1v) is 13.6. The molecule has 0 spiro atoms. The quantitative estimate of drug-likeness (QED) is 0.0824. The van der Waals surface area contributed by atoms with Crippen molar-refractivity contribution in [1.29, 1.82) is 5.41 Å². The Morgan fingerprint density at radius 1 is 0.927 bits per heavy atom. The molecular formula is C36H37N3O2. The second kappa shape index (κ2) is 14.0. The third-order valence-corrected chi connectivity index (χ3v) is 6.44. The Morgan fingerprint density at radius 2 is 1.49 bits per heavy atom. The molecule has 0 aliphatic heterocycles. The minimum atomic E-state index is -0.999. The van der Waals surface area contributed by atoms with Gasteiger partial charge >= 0.3 is 0 Å². The van der Waals surface area contributed by atoms with E-state index in [1.807, 2.05) is 87.5 Å². The van der Waals surface area contributed by atoms with Gasteiger partial charge in [-0.3, -0.25) is 19.6 Å². The number of pyridine rings is 1. The van der Waals surface area contributed by atoms with Crippen LogP contribution in [0.4, 0.5) is 0 Å². The van der Waals surface area contributed by atoms with E-state index in [-0.39, 0.29) is 17.5 Å². The summed E-state index contributed by atoms with van der Waals surface area (Å²) in [4.78, 5) is 35.0. The van der Waals surface area contributed by atoms with Crippen molar-refractivity contribution >= 4 is 41.7 Å². The number of benzene rings is 2. The van der Waals surface area contributed by atoms with Crippen LogP contribution in [0.15, 0.2) is 102 Å². The van der Waals surface area contributed by atoms with Crippen molar-refractivity contribution in [3.8, 4) is 0 Å². The van der Waals surface area contributed by atoms with E-state index in [2.05, 4.69) is 16.6 Å². The second-order valence-corrected chi connectivity index (χ2v) is 10.5. The van der Waals surface area contributed by atoms with Crippen molar-refractivity contribution in [2.24, 2.45) is 10.9 Å². The standard InChI is InChI=1S/C36H37N3O2/c1-7-8-31(34(40)25(2)3)21-26(4)33-22-32(19-20-38-33)35(41)36(5,6)39-24-30-17-13-28(14-18-30)10-9-27-11-15-29(23-37)16-12-27/h7-25,37H,4H2,1-3,5-6H3/b8-7-,10-9+,31-21+,37-23?,39-24?. The van der Waals surface area contributed by atoms with Crippen LogP contribution in [0.2, 0.25) is 0 Å². The van der Waals surface area contributed by atoms with E-state index in [0.717, 1.165) is 22.3 Å². The fourth-order valence-electron chi connectivity index (χ4n) is 3.96. The van der Waals surface area contributed by atoms with Crippen molar-refractivity contribution in [1.82, 2.24) is 4.98 Å². The third kappa shape index (κ3) is 8.61. The Hall–Kier alpha value is -4.77. The molecule has 5 nitrogen and oxygen atoms in total. The SMILES string of the molecule is C=C(/C=C(\C=C/C)C(=O)C(C)C)c1cc(C(=O)C(C)(C)N=Cc2ccc(/C=C/c3ccc(C=N)cc3)cc2)ccn1. The molecule has 0 aliphatic carbocycles. The first-order valence-electron chi connectivity index (χ1n) is 13.6. The fraction of sp³-hybridized carbons (Fsp3) is 0.194. The van der Waals surface area contributed by atoms with Crippen molar-refractivity contribution in [2.45, 2.75) is 40.2 Å². The van der Waals surface area contributed by atoms with Gasteiger partial charge in [-0.1, -0.05) is 93.3 Å². The number of carbonyl (C=O) groups is 2. The number of aromatic nitrogens is 1. The smallest absolute Gasteiger partial charge is 0.189 e. The van der Waals surface area contributed by atoms with Gasteiger partial charge < -0.3 is 5.41 Å². The van der Waals surface area contributed by atoms with Crippen LogP contribution in [0.1, 0.15) is 72.9 Å². The number of carbonyl (C=O) groups excluding carboxylic acids is 2. The molecule has 0 atom stereocenters. The minimum absolute atomic E-state index is 0.0190. The lowest BCUT2D eigenvalue weighted by Gasteiger charge is -2.18. The summed E-state index contributed by atoms with van der Waals surface area (Å²) in [7, 11) is 0. The number of ketones is 2. The van der Waals surface area contributed by atoms with Gasteiger partial charge in [0.05, 0.1) is 5.69 Å². The molecule has 1 heterocycles. The summed E-state index contributed by atoms with van der Waals surface area (Å²) < 4.78 is 0. The molecule has 0 saturated heterocycles. The highest BCUT2D eigenvalue weighted by atomic mass is 16.1. The summed E-state index contributed by atoms with van der Waals surface area (Å²) in [5, 5.41) is 7.30. The number of nitrogens with zero attached hydrogens (tertiary/aromatic N) is 2. The van der Waals surface area contributed by atoms with E-state index in [9.17, 15) is 9.59 Å². The Balaban J connectivity index is 1.73. The predicted molar refractivity (Wildman–Crippen MR) is 172 cm³/mol. The summed E-state index contributed by atoms with van der Waals surface area (Å²) in [5.41, 5.74) is 4.97. The molecule has 0 unspecified atom stereocenters. The van der Waals surface area contributed by atoms with Crippen molar-refractivity contribution in [3.63, 3.8) is 0 Å². The third-order valence-electron chi connectivity index (χ3n) is 6.44. The monoisotopic (exact) mass is 543 g/mol. The number of hydrogen-bond donors (Lipinski definition) is 1. The number of rotatable bonds is 12. The van der Waals surface area contributed by atoms with Crippen LogP contribution in [-0.2, 0) is 4.79 Å². The van der Waals surface area contributed by atoms with Crippen LogP contribution < -0.4 is 0 Å². The average molecular weight is 544 g/mol. The maximum atomic E-state index is 13.4. The van der Waals surface area contributed by atoms with Crippen molar-refractivity contribution < 1.29 is 9.59 Å². The molecule has 0 bridgehead atoms. The summed E-state index contributed by atoms with van der Waals surface area (Å²) in [6, 6.07) is 19.1. The van der Waals surface area contributed by atoms with Gasteiger partial charge in [-0.05, 0) is 66.8 Å². The lowest BCUT2D eigenvalue weighted by Crippen LogP contribution is -2.29. The van der Waals surface area contributed by atoms with E-state index in [0.29, 0.717) is 22.4 Å². The molecule has 0 aliphatic rings. The molecule has 1 aromatic heterocycles. The first-order chi connectivity index (χ1) is 19.5. The van der Waals surface area contributed by atoms with E-state index in [4.69, 9.17) is 5.41 Å². The van der Waals surface area contributed by atoms with Crippen LogP contribution in [0.3, 0.4) is 0 Å². The zero-order chi connectivity index (χ0) is 30.0. The molecule has 41 heavy (non-hydrogen) atoms. The van der Waals surface area contributed by atoms with Gasteiger partial charge in [-0.2, -0.15) is 0 Å². The van der Waals surface area contributed by atoms with Gasteiger partial charge in [0.1, 0.15) is 5.54 Å². The molecule has 0 saturated carbocycles. The first kappa shape index (κ1) is 30.8. The molecule has 0 amide bonds. The van der Waals surface area contributed by atoms with Crippen LogP contribution in [-0.4, -0.2) is 34.5 Å². The molecule has 3 rings (SSSR count). The number of aliphatic imine (C=N–C) groups is 1. The Kier molecular flexibility index (Phi) is 10.5. The summed E-state index contributed by atoms with van der Waals surface area (Å²) in [5.74, 6) is -0.269. The van der Waals surface area contributed by atoms with Crippen LogP contribution in [0, 0.1) is 11.3 Å². The average Bonchev–Trinajstić information content (AvgIpc) is 2.98. The van der Waals surface area contributed by atoms with Gasteiger partial charge in [0.25, 0.3) is 0 Å². The molecule has 3 aromatic rings. The van der Waals surface area contributed by atoms with E-state index >= 15 is 0 Å². The summed E-state index contributed by atoms with van der Waals surface area (Å²) in [6.07, 6.45) is 14.0. The molecule has 208 valence electrons. The van der Waals surface area contributed by atoms with Crippen molar-refractivity contribution in [3.05, 3.63) is 131 Å². The lowest BCUT2D eigenvalue weighted by atomic mass is 9.93. The summed E-state index contributed by atoms with van der Waals surface area (Å²) >= 11 is 0. The number of hydrogen-bond acceptors (Lipinski definition) is 5.